The molecular formula is C30H31FN2O4. The van der Waals surface area contributed by atoms with Crippen molar-refractivity contribution >= 4 is 11.8 Å². The van der Waals surface area contributed by atoms with Gasteiger partial charge in [0.05, 0.1) is 0 Å². The van der Waals surface area contributed by atoms with E-state index in [9.17, 15) is 14.0 Å². The van der Waals surface area contributed by atoms with E-state index in [2.05, 4.69) is 5.32 Å². The minimum absolute atomic E-state index is 0.0622. The lowest BCUT2D eigenvalue weighted by Crippen LogP contribution is -2.46. The summed E-state index contributed by atoms with van der Waals surface area (Å²) in [6.45, 7) is 1.06. The summed E-state index contributed by atoms with van der Waals surface area (Å²) in [5.41, 5.74) is 1.82. The number of nitrogens with one attached hydrogen (secondary N) is 1. The topological polar surface area (TPSA) is 67.9 Å². The van der Waals surface area contributed by atoms with Crippen molar-refractivity contribution in [2.45, 2.75) is 50.7 Å². The highest BCUT2D eigenvalue weighted by atomic mass is 19.1. The monoisotopic (exact) mass is 502 g/mol. The van der Waals surface area contributed by atoms with Crippen molar-refractivity contribution < 1.29 is 23.5 Å². The number of benzene rings is 3. The standard InChI is InChI=1S/C30H31FN2O4/c31-24-14-11-22(12-15-24)28(29(34)32-25-9-5-2-6-10-25)33(20-21-7-3-1-4-8-21)30(35)23-13-16-26-27(19-23)37-18-17-36-26/h1,3-4,7-8,11-16,19,25,28H,2,5-6,9-10,17-18,20H2,(H,32,34). The van der Waals surface area contributed by atoms with Gasteiger partial charge in [0.25, 0.3) is 5.91 Å². The number of amides is 2. The first kappa shape index (κ1) is 24.8. The molecule has 0 saturated heterocycles. The molecule has 1 unspecified atom stereocenters. The Morgan fingerprint density at radius 1 is 0.892 bits per heavy atom. The predicted octanol–water partition coefficient (Wildman–Crippen LogP) is 5.43. The van der Waals surface area contributed by atoms with Gasteiger partial charge in [-0.05, 0) is 54.3 Å². The molecule has 1 saturated carbocycles. The van der Waals surface area contributed by atoms with Crippen LogP contribution in [0.3, 0.4) is 0 Å². The number of fused-ring (bicyclic) bond motifs is 1. The molecule has 37 heavy (non-hydrogen) atoms. The van der Waals surface area contributed by atoms with Crippen molar-refractivity contribution in [3.8, 4) is 11.5 Å². The lowest BCUT2D eigenvalue weighted by Gasteiger charge is -2.34. The van der Waals surface area contributed by atoms with Crippen LogP contribution in [0.5, 0.6) is 11.5 Å². The van der Waals surface area contributed by atoms with Gasteiger partial charge in [-0.15, -0.1) is 0 Å². The van der Waals surface area contributed by atoms with Gasteiger partial charge in [0.15, 0.2) is 11.5 Å². The van der Waals surface area contributed by atoms with Gasteiger partial charge in [-0.2, -0.15) is 0 Å². The number of rotatable bonds is 7. The molecule has 1 atom stereocenters. The molecule has 3 aromatic carbocycles. The predicted molar refractivity (Wildman–Crippen MR) is 138 cm³/mol. The molecule has 5 rings (SSSR count). The summed E-state index contributed by atoms with van der Waals surface area (Å²) in [6.07, 6.45) is 5.12. The van der Waals surface area contributed by atoms with Crippen molar-refractivity contribution in [2.24, 2.45) is 0 Å². The smallest absolute Gasteiger partial charge is 0.255 e. The first-order chi connectivity index (χ1) is 18.1. The van der Waals surface area contributed by atoms with Crippen molar-refractivity contribution in [3.63, 3.8) is 0 Å². The molecule has 1 aliphatic heterocycles. The Hall–Kier alpha value is -3.87. The molecule has 0 radical (unpaired) electrons. The molecule has 1 heterocycles. The van der Waals surface area contributed by atoms with E-state index in [0.717, 1.165) is 37.7 Å². The molecule has 1 fully saturated rings. The number of carbonyl (C=O) groups is 2. The summed E-state index contributed by atoms with van der Waals surface area (Å²) in [5, 5.41) is 3.18. The Morgan fingerprint density at radius 3 is 2.32 bits per heavy atom. The molecule has 2 amide bonds. The van der Waals surface area contributed by atoms with Crippen LogP contribution in [0, 0.1) is 5.82 Å². The number of carbonyl (C=O) groups excluding carboxylic acids is 2. The van der Waals surface area contributed by atoms with Crippen LogP contribution in [-0.2, 0) is 11.3 Å². The third-order valence-electron chi connectivity index (χ3n) is 6.94. The molecule has 2 aliphatic rings. The highest BCUT2D eigenvalue weighted by Crippen LogP contribution is 2.33. The first-order valence-electron chi connectivity index (χ1n) is 12.9. The SMILES string of the molecule is O=C(NC1CCCCC1)C(c1ccc(F)cc1)N(Cc1ccccc1)C(=O)c1ccc2c(c1)OCCO2. The zero-order valence-electron chi connectivity index (χ0n) is 20.7. The number of ether oxygens (including phenoxy) is 2. The van der Waals surface area contributed by atoms with Crippen LogP contribution >= 0.6 is 0 Å². The van der Waals surface area contributed by atoms with Gasteiger partial charge in [0, 0.05) is 18.2 Å². The van der Waals surface area contributed by atoms with E-state index in [-0.39, 0.29) is 24.4 Å². The van der Waals surface area contributed by atoms with Gasteiger partial charge < -0.3 is 19.7 Å². The van der Waals surface area contributed by atoms with E-state index in [1.165, 1.54) is 12.1 Å². The van der Waals surface area contributed by atoms with Crippen LogP contribution in [0.25, 0.3) is 0 Å². The second-order valence-electron chi connectivity index (χ2n) is 9.57. The van der Waals surface area contributed by atoms with Crippen LogP contribution in [0.2, 0.25) is 0 Å². The maximum atomic E-state index is 14.1. The van der Waals surface area contributed by atoms with E-state index >= 15 is 0 Å². The maximum absolute atomic E-state index is 14.1. The van der Waals surface area contributed by atoms with Crippen LogP contribution in [0.1, 0.15) is 59.6 Å². The van der Waals surface area contributed by atoms with Crippen molar-refractivity contribution in [1.82, 2.24) is 10.2 Å². The van der Waals surface area contributed by atoms with Crippen LogP contribution in [0.4, 0.5) is 4.39 Å². The zero-order chi connectivity index (χ0) is 25.6. The highest BCUT2D eigenvalue weighted by Gasteiger charge is 2.34. The summed E-state index contributed by atoms with van der Waals surface area (Å²) in [4.78, 5) is 29.5. The lowest BCUT2D eigenvalue weighted by molar-refractivity contribution is -0.127. The van der Waals surface area contributed by atoms with Gasteiger partial charge in [0.1, 0.15) is 25.1 Å². The Balaban J connectivity index is 1.53. The average molecular weight is 503 g/mol. The number of hydrogen-bond donors (Lipinski definition) is 1. The fourth-order valence-electron chi connectivity index (χ4n) is 5.05. The minimum atomic E-state index is -0.941. The summed E-state index contributed by atoms with van der Waals surface area (Å²) < 4.78 is 25.2. The number of halogens is 1. The van der Waals surface area contributed by atoms with Crippen molar-refractivity contribution in [1.29, 1.82) is 0 Å². The largest absolute Gasteiger partial charge is 0.486 e. The van der Waals surface area contributed by atoms with Gasteiger partial charge >= 0.3 is 0 Å². The number of hydrogen-bond acceptors (Lipinski definition) is 4. The first-order valence-corrected chi connectivity index (χ1v) is 12.9. The molecule has 0 aromatic heterocycles. The van der Waals surface area contributed by atoms with E-state index in [0.29, 0.717) is 35.8 Å². The lowest BCUT2D eigenvalue weighted by atomic mass is 9.94. The second-order valence-corrected chi connectivity index (χ2v) is 9.57. The highest BCUT2D eigenvalue weighted by molar-refractivity contribution is 5.98. The Morgan fingerprint density at radius 2 is 1.59 bits per heavy atom. The third kappa shape index (κ3) is 5.93. The summed E-state index contributed by atoms with van der Waals surface area (Å²) in [6, 6.07) is 19.5. The van der Waals surface area contributed by atoms with E-state index in [1.54, 1.807) is 35.2 Å². The van der Waals surface area contributed by atoms with Gasteiger partial charge in [-0.25, -0.2) is 4.39 Å². The molecule has 0 bridgehead atoms. The summed E-state index contributed by atoms with van der Waals surface area (Å²) >= 11 is 0. The maximum Gasteiger partial charge on any atom is 0.255 e. The molecule has 3 aromatic rings. The Bertz CT molecular complexity index is 1230. The summed E-state index contributed by atoms with van der Waals surface area (Å²) in [5.74, 6) is 0.0986. The van der Waals surface area contributed by atoms with E-state index < -0.39 is 11.9 Å². The molecule has 1 aliphatic carbocycles. The fourth-order valence-corrected chi connectivity index (χ4v) is 5.05. The summed E-state index contributed by atoms with van der Waals surface area (Å²) in [7, 11) is 0. The zero-order valence-corrected chi connectivity index (χ0v) is 20.7. The van der Waals surface area contributed by atoms with Crippen LogP contribution < -0.4 is 14.8 Å². The van der Waals surface area contributed by atoms with Gasteiger partial charge in [-0.1, -0.05) is 61.7 Å². The van der Waals surface area contributed by atoms with Gasteiger partial charge in [0.2, 0.25) is 5.91 Å². The molecule has 7 heteroatoms. The van der Waals surface area contributed by atoms with Crippen molar-refractivity contribution in [3.05, 3.63) is 95.3 Å². The quantitative estimate of drug-likeness (QED) is 0.468. The van der Waals surface area contributed by atoms with Gasteiger partial charge in [-0.3, -0.25) is 9.59 Å². The molecule has 0 spiro atoms. The number of nitrogens with zero attached hydrogens (tertiary/aromatic N) is 1. The van der Waals surface area contributed by atoms with E-state index in [4.69, 9.17) is 9.47 Å². The average Bonchev–Trinajstić information content (AvgIpc) is 2.94. The third-order valence-corrected chi connectivity index (χ3v) is 6.94. The van der Waals surface area contributed by atoms with E-state index in [1.807, 2.05) is 30.3 Å². The Kier molecular flexibility index (Phi) is 7.68. The fraction of sp³-hybridized carbons (Fsp3) is 0.333. The molecular weight excluding hydrogens is 471 g/mol. The molecule has 1 N–H and O–H groups in total. The molecule has 6 nitrogen and oxygen atoms in total. The van der Waals surface area contributed by atoms with Crippen LogP contribution in [-0.4, -0.2) is 36.0 Å². The second kappa shape index (κ2) is 11.5. The van der Waals surface area contributed by atoms with Crippen molar-refractivity contribution in [2.75, 3.05) is 13.2 Å². The Labute approximate surface area is 216 Å². The minimum Gasteiger partial charge on any atom is -0.486 e. The normalized spacial score (nSPS) is 16.0. The van der Waals surface area contributed by atoms with Crippen LogP contribution in [0.15, 0.2) is 72.8 Å². The molecule has 192 valence electrons.